The van der Waals surface area contributed by atoms with Gasteiger partial charge in [-0.05, 0) is 226 Å². The highest BCUT2D eigenvalue weighted by molar-refractivity contribution is 9.09. The number of allylic oxidation sites excluding steroid dienone is 3. The molecule has 2 spiro atoms. The molecule has 712 valence electrons. The summed E-state index contributed by atoms with van der Waals surface area (Å²) in [6, 6.07) is 29.4. The number of aliphatic carboxylic acids is 2. The average molecular weight is 1960 g/mol. The van der Waals surface area contributed by atoms with Gasteiger partial charge in [-0.2, -0.15) is 0 Å². The van der Waals surface area contributed by atoms with Crippen LogP contribution in [-0.2, 0) is 38.3 Å². The molecule has 7 N–H and O–H groups in total. The van der Waals surface area contributed by atoms with Gasteiger partial charge in [0.05, 0.1) is 99.7 Å². The van der Waals surface area contributed by atoms with Crippen molar-refractivity contribution in [2.75, 3.05) is 113 Å². The molecule has 35 heteroatoms. The minimum absolute atomic E-state index is 0.0380. The molecule has 0 bridgehead atoms. The van der Waals surface area contributed by atoms with E-state index in [0.717, 1.165) is 174 Å². The number of aliphatic hydroxyl groups is 1. The summed E-state index contributed by atoms with van der Waals surface area (Å²) >= 11 is 14.4. The number of aromatic nitrogens is 9. The number of nitrogens with one attached hydrogen (secondary N) is 2. The molecule has 4 aliphatic heterocycles. The van der Waals surface area contributed by atoms with Crippen LogP contribution in [-0.4, -0.2) is 200 Å². The van der Waals surface area contributed by atoms with Gasteiger partial charge in [0.2, 0.25) is 17.6 Å². The minimum Gasteiger partial charge on any atom is -0.505 e. The molecule has 9 heterocycles. The number of rotatable bonds is 17. The third-order valence-electron chi connectivity index (χ3n) is 23.3. The number of carboxylic acids is 2. The van der Waals surface area contributed by atoms with E-state index in [0.29, 0.717) is 95.0 Å². The van der Waals surface area contributed by atoms with Gasteiger partial charge < -0.3 is 88.1 Å². The van der Waals surface area contributed by atoms with Crippen LogP contribution in [0.25, 0.3) is 72.7 Å². The standard InChI is InChI=1S/C28H31FN4O4.C20H17FN2O2.C19H15FN2O3.C10H9ClN2O.C10H9FO.C7H13NO.C3H6BrCl.C2H2O4.CH4O/c1-18-12-19-21(32-18)4-5-23(26(19)29)37-27-20-13-24(34-2)25(14-22(20)30-17-31-27)36-11-3-8-33-9-6-28(7-10-33)15-35-16-28;1-11-6-13-4-5-17(19(21)14(13)7-11)25-20-15-9-18(24-3)12(2)8-16(15)22-10-23-20;1-10-5-11-3-4-16(18(20)12(11)6-10)25-19-13-7-17(24-2)15(23)8-14(13)21-9-22-19;1-6-3-8-7(4-9(6)14-2)10(11)13-5-12-8;1-6-4-7-2-3-9(12)10(11)8(7)5-6;1-3-8-4-2-7(1)5-9-6-7;4-2-1-3-5;3-1(4)2(5)6;1-2/h4-5,12-14,17,32H,3,6-11,15-16H2,1-2H3;4-5,7-10H,6H2,1-3H3;3-4,6-9,23H,5H2,1-2H3;3-5H,1-2H3;2-3,5,12H,4H2,1H3;8H,1-6H2;1-3H2;(H,3,4)(H,5,6);2H,1H3. The number of carboxylic acid groups (broad SMARTS) is 2. The second-order valence-corrected chi connectivity index (χ2v) is 34.6. The van der Waals surface area contributed by atoms with Crippen molar-refractivity contribution in [1.29, 1.82) is 0 Å². The molecule has 0 atom stereocenters. The molecule has 135 heavy (non-hydrogen) atoms. The number of H-pyrrole nitrogens is 1. The van der Waals surface area contributed by atoms with Crippen molar-refractivity contribution in [2.45, 2.75) is 99.3 Å². The van der Waals surface area contributed by atoms with Gasteiger partial charge in [-0.25, -0.2) is 67.0 Å². The van der Waals surface area contributed by atoms with Gasteiger partial charge in [0.15, 0.2) is 69.3 Å². The summed E-state index contributed by atoms with van der Waals surface area (Å²) < 4.78 is 113. The van der Waals surface area contributed by atoms with Crippen LogP contribution in [0.4, 0.5) is 17.6 Å². The van der Waals surface area contributed by atoms with Crippen molar-refractivity contribution in [3.8, 4) is 75.1 Å². The van der Waals surface area contributed by atoms with Gasteiger partial charge >= 0.3 is 11.9 Å². The van der Waals surface area contributed by atoms with Crippen LogP contribution in [0.15, 0.2) is 145 Å². The van der Waals surface area contributed by atoms with Crippen molar-refractivity contribution in [3.63, 3.8) is 0 Å². The Balaban J connectivity index is 0.000000149. The smallest absolute Gasteiger partial charge is 0.414 e. The molecule has 0 amide bonds. The van der Waals surface area contributed by atoms with Crippen molar-refractivity contribution in [1.82, 2.24) is 55.1 Å². The van der Waals surface area contributed by atoms with Crippen LogP contribution in [0.5, 0.6) is 75.1 Å². The molecular formula is C100H106BrCl2F4N11O17. The molecule has 13 aromatic rings. The number of carbonyl (C=O) groups is 2. The number of nitrogens with zero attached hydrogens (tertiary/aromatic N) is 9. The number of piperidine rings is 2. The van der Waals surface area contributed by atoms with E-state index < -0.39 is 29.4 Å². The number of aromatic hydroxyl groups is 2. The first-order valence-corrected chi connectivity index (χ1v) is 45.4. The van der Waals surface area contributed by atoms with Gasteiger partial charge in [-0.15, -0.1) is 11.6 Å². The number of fused-ring (bicyclic) bond motifs is 8. The second kappa shape index (κ2) is 47.0. The summed E-state index contributed by atoms with van der Waals surface area (Å²) in [5, 5.41) is 48.6. The van der Waals surface area contributed by atoms with Crippen LogP contribution < -0.4 is 43.2 Å². The van der Waals surface area contributed by atoms with E-state index in [4.69, 9.17) is 101 Å². The van der Waals surface area contributed by atoms with Crippen LogP contribution in [0.1, 0.15) is 109 Å². The topological polar surface area (TPSA) is 362 Å². The highest BCUT2D eigenvalue weighted by Crippen LogP contribution is 2.45. The molecule has 3 aliphatic carbocycles. The lowest BCUT2D eigenvalue weighted by Gasteiger charge is -2.47. The maximum absolute atomic E-state index is 15.1. The Labute approximate surface area is 795 Å². The fourth-order valence-corrected chi connectivity index (χ4v) is 17.0. The Hall–Kier alpha value is -12.6. The highest BCUT2D eigenvalue weighted by Gasteiger charge is 2.41. The van der Waals surface area contributed by atoms with E-state index in [9.17, 15) is 18.3 Å². The number of ether oxygens (including phenoxy) is 10. The Bertz CT molecular complexity index is 6350. The number of phenols is 2. The summed E-state index contributed by atoms with van der Waals surface area (Å²) in [5.74, 6) is -0.855. The number of aryl methyl sites for hydroxylation is 3. The molecular weight excluding hydrogens is 1850 g/mol. The first-order chi connectivity index (χ1) is 65.0. The van der Waals surface area contributed by atoms with Crippen molar-refractivity contribution < 1.29 is 100 Å². The molecule has 4 saturated heterocycles. The number of hydrogen-bond donors (Lipinski definition) is 7. The number of likely N-dealkylation sites (tertiary alicyclic amines) is 1. The number of aliphatic hydroxyl groups excluding tert-OH is 1. The zero-order chi connectivity index (χ0) is 96.8. The lowest BCUT2D eigenvalue weighted by Crippen LogP contribution is -2.51. The number of aromatic amines is 1. The minimum atomic E-state index is -1.82. The van der Waals surface area contributed by atoms with Gasteiger partial charge in [-0.3, -0.25) is 0 Å². The quantitative estimate of drug-likeness (QED) is 0.0146. The second-order valence-electron chi connectivity index (χ2n) is 33.0. The summed E-state index contributed by atoms with van der Waals surface area (Å²) in [6.45, 7) is 21.8. The van der Waals surface area contributed by atoms with E-state index in [1.54, 1.807) is 75.9 Å². The Morgan fingerprint density at radius 2 is 0.896 bits per heavy atom. The molecule has 28 nitrogen and oxygen atoms in total. The first-order valence-electron chi connectivity index (χ1n) is 43.3. The number of halogens is 7. The van der Waals surface area contributed by atoms with Crippen LogP contribution >= 0.6 is 39.1 Å². The first kappa shape index (κ1) is 101. The summed E-state index contributed by atoms with van der Waals surface area (Å²) in [7, 11) is 7.27. The number of phenolic OH excluding ortho intramolecular Hbond substituents is 2. The van der Waals surface area contributed by atoms with Gasteiger partial charge in [-0.1, -0.05) is 80.7 Å². The fraction of sp³-hybridized carbons (Fsp3) is 0.340. The Kier molecular flexibility index (Phi) is 35.3. The van der Waals surface area contributed by atoms with Gasteiger partial charge in [0, 0.05) is 86.5 Å². The highest BCUT2D eigenvalue weighted by atomic mass is 79.9. The van der Waals surface area contributed by atoms with E-state index in [1.807, 2.05) is 96.2 Å². The van der Waals surface area contributed by atoms with Crippen LogP contribution in [0.3, 0.4) is 0 Å². The lowest BCUT2D eigenvalue weighted by molar-refractivity contribution is -0.159. The number of hydrogen-bond acceptors (Lipinski definition) is 25. The molecule has 20 rings (SSSR count). The lowest BCUT2D eigenvalue weighted by atomic mass is 9.77. The number of alkyl halides is 2. The van der Waals surface area contributed by atoms with Crippen LogP contribution in [0, 0.1) is 54.9 Å². The molecule has 7 aliphatic rings. The van der Waals surface area contributed by atoms with E-state index in [-0.39, 0.29) is 52.1 Å². The van der Waals surface area contributed by atoms with Crippen molar-refractivity contribution in [2.24, 2.45) is 10.8 Å². The third kappa shape index (κ3) is 25.1. The zero-order valence-corrected chi connectivity index (χ0v) is 79.6. The van der Waals surface area contributed by atoms with Crippen molar-refractivity contribution in [3.05, 3.63) is 224 Å². The number of benzene rings is 8. The van der Waals surface area contributed by atoms with E-state index in [2.05, 4.69) is 71.0 Å². The third-order valence-corrected chi connectivity index (χ3v) is 24.4. The van der Waals surface area contributed by atoms with E-state index >= 15 is 4.39 Å². The normalized spacial score (nSPS) is 14.7. The largest absolute Gasteiger partial charge is 0.505 e. The summed E-state index contributed by atoms with van der Waals surface area (Å²) in [6.07, 6.45) is 20.5. The number of methoxy groups -OCH3 is 4. The van der Waals surface area contributed by atoms with Crippen molar-refractivity contribution >= 4 is 124 Å². The predicted molar refractivity (Wildman–Crippen MR) is 514 cm³/mol. The Morgan fingerprint density at radius 1 is 0.474 bits per heavy atom. The summed E-state index contributed by atoms with van der Waals surface area (Å²) in [4.78, 5) is 57.2. The molecule has 4 fully saturated rings. The molecule has 0 radical (unpaired) electrons. The molecule has 5 aromatic heterocycles. The van der Waals surface area contributed by atoms with Crippen LogP contribution in [0.2, 0.25) is 5.15 Å². The maximum Gasteiger partial charge on any atom is 0.414 e. The Morgan fingerprint density at radius 3 is 1.35 bits per heavy atom. The zero-order valence-electron chi connectivity index (χ0n) is 76.5. The van der Waals surface area contributed by atoms with Gasteiger partial charge in [0.25, 0.3) is 0 Å². The van der Waals surface area contributed by atoms with Gasteiger partial charge in [0.1, 0.15) is 42.0 Å². The monoisotopic (exact) mass is 1960 g/mol. The average Bonchev–Trinajstić information content (AvgIpc) is 1.75. The fourth-order valence-electron chi connectivity index (χ4n) is 16.0. The van der Waals surface area contributed by atoms with E-state index in [1.165, 1.54) is 83.3 Å². The summed E-state index contributed by atoms with van der Waals surface area (Å²) in [5.41, 5.74) is 15.3. The molecule has 0 unspecified atom stereocenters. The molecule has 0 saturated carbocycles. The SMILES string of the molecule is C1CC2(CCN1)COC2.CC1=Cc2c(ccc(O)c2F)C1.CO.COc1cc2c(Cl)ncnc2cc1C.COc1cc2c(Oc3ccc4[nH]c(C)cc4c3F)ncnc2cc1OCCCN1CCC2(CC1)COC2.COc1cc2c(Oc3ccc4c(c3F)C=C(C)C4)ncnc2cc1C.COc1cc2c(Oc3ccc4c(c3F)C=C(C)C4)ncnc2cc1O.ClCCCBr.O=C(O)C(=O)O. The maximum atomic E-state index is 15.1. The predicted octanol–water partition coefficient (Wildman–Crippen LogP) is 20.6. The molecule has 8 aromatic carbocycles.